The van der Waals surface area contributed by atoms with E-state index >= 15 is 0 Å². The Labute approximate surface area is 192 Å². The Hall–Kier alpha value is -2.23. The maximum absolute atomic E-state index is 12.7. The third kappa shape index (κ3) is 3.27. The van der Waals surface area contributed by atoms with Gasteiger partial charge in [-0.3, -0.25) is 9.59 Å². The number of aliphatic hydroxyl groups is 2. The molecule has 0 aromatic rings. The van der Waals surface area contributed by atoms with Crippen LogP contribution in [0.25, 0.3) is 0 Å². The van der Waals surface area contributed by atoms with Crippen molar-refractivity contribution in [2.45, 2.75) is 89.7 Å². The number of epoxide rings is 1. The van der Waals surface area contributed by atoms with Crippen LogP contribution >= 0.6 is 0 Å². The van der Waals surface area contributed by atoms with Crippen molar-refractivity contribution in [3.63, 3.8) is 0 Å². The molecule has 9 heteroatoms. The summed E-state index contributed by atoms with van der Waals surface area (Å²) in [7, 11) is 0. The van der Waals surface area contributed by atoms with Crippen molar-refractivity contribution in [1.29, 1.82) is 0 Å². The first-order chi connectivity index (χ1) is 15.3. The number of hydrogen-bond donors (Lipinski definition) is 2. The molecule has 1 saturated carbocycles. The molecule has 2 aliphatic carbocycles. The lowest BCUT2D eigenvalue weighted by atomic mass is 9.53. The van der Waals surface area contributed by atoms with Gasteiger partial charge in [-0.25, -0.2) is 4.79 Å². The number of hydrogen-bond acceptors (Lipinski definition) is 9. The molecule has 0 amide bonds. The molecule has 2 saturated heterocycles. The number of allylic oxidation sites excluding steroid dienone is 2. The second-order valence-electron chi connectivity index (χ2n) is 10.2. The third-order valence-corrected chi connectivity index (χ3v) is 8.11. The predicted octanol–water partition coefficient (Wildman–Crippen LogP) is 1.20. The van der Waals surface area contributed by atoms with E-state index in [9.17, 15) is 24.6 Å². The number of aliphatic hydroxyl groups excluding tert-OH is 2. The molecule has 0 radical (unpaired) electrons. The Bertz CT molecular complexity index is 940. The minimum Gasteiger partial charge on any atom is -0.462 e. The topological polar surface area (TPSA) is 132 Å². The van der Waals surface area contributed by atoms with E-state index in [0.29, 0.717) is 5.57 Å². The molecule has 1 spiro atoms. The van der Waals surface area contributed by atoms with E-state index in [1.54, 1.807) is 45.9 Å². The standard InChI is InChI=1S/C24H32O9/c1-11-7-8-16(30-13(3)25)22(5)17(31-14(4)26)10-15(27)12(2)19(22)20(28)24-18(9-11)32-21(29)23(24,6)33-24/h7-9,12,15-20,27-28H,10H2,1-6H3. The van der Waals surface area contributed by atoms with Gasteiger partial charge in [-0.1, -0.05) is 25.5 Å². The summed E-state index contributed by atoms with van der Waals surface area (Å²) in [5.41, 5.74) is -3.17. The molecule has 0 aromatic carbocycles. The molecule has 10 atom stereocenters. The molecule has 2 aliphatic heterocycles. The summed E-state index contributed by atoms with van der Waals surface area (Å²) in [6.07, 6.45) is 0.403. The number of carbonyl (C=O) groups is 3. The fourth-order valence-corrected chi connectivity index (χ4v) is 6.26. The van der Waals surface area contributed by atoms with Crippen LogP contribution in [0.4, 0.5) is 0 Å². The lowest BCUT2D eigenvalue weighted by Crippen LogP contribution is -2.65. The molecule has 10 unspecified atom stereocenters. The van der Waals surface area contributed by atoms with Crippen LogP contribution in [-0.4, -0.2) is 69.8 Å². The molecule has 0 bridgehead atoms. The zero-order valence-electron chi connectivity index (χ0n) is 19.7. The highest BCUT2D eigenvalue weighted by molar-refractivity contribution is 5.89. The van der Waals surface area contributed by atoms with Gasteiger partial charge in [0.2, 0.25) is 0 Å². The van der Waals surface area contributed by atoms with Gasteiger partial charge in [0.1, 0.15) is 12.2 Å². The number of carbonyl (C=O) groups excluding carboxylic acids is 3. The Balaban J connectivity index is 1.94. The van der Waals surface area contributed by atoms with E-state index in [1.165, 1.54) is 13.8 Å². The molecule has 0 aromatic heterocycles. The van der Waals surface area contributed by atoms with E-state index in [0.717, 1.165) is 0 Å². The average Bonchev–Trinajstić information content (AvgIpc) is 3.30. The summed E-state index contributed by atoms with van der Waals surface area (Å²) >= 11 is 0. The fraction of sp³-hybridized carbons (Fsp3) is 0.708. The lowest BCUT2D eigenvalue weighted by Gasteiger charge is -2.55. The second kappa shape index (κ2) is 7.65. The lowest BCUT2D eigenvalue weighted by molar-refractivity contribution is -0.218. The number of rotatable bonds is 2. The van der Waals surface area contributed by atoms with E-state index < -0.39 is 76.9 Å². The van der Waals surface area contributed by atoms with Crippen LogP contribution in [0, 0.1) is 17.3 Å². The molecule has 182 valence electrons. The summed E-state index contributed by atoms with van der Waals surface area (Å²) in [5, 5.41) is 22.8. The van der Waals surface area contributed by atoms with Gasteiger partial charge in [0, 0.05) is 26.2 Å². The zero-order chi connectivity index (χ0) is 24.5. The maximum atomic E-state index is 12.7. The number of esters is 3. The molecule has 33 heavy (non-hydrogen) atoms. The van der Waals surface area contributed by atoms with Crippen LogP contribution < -0.4 is 0 Å². The van der Waals surface area contributed by atoms with Crippen molar-refractivity contribution in [3.8, 4) is 0 Å². The Morgan fingerprint density at radius 2 is 1.79 bits per heavy atom. The summed E-state index contributed by atoms with van der Waals surface area (Å²) in [5.74, 6) is -2.96. The van der Waals surface area contributed by atoms with Crippen LogP contribution in [-0.2, 0) is 33.3 Å². The Morgan fingerprint density at radius 3 is 2.36 bits per heavy atom. The Morgan fingerprint density at radius 1 is 1.15 bits per heavy atom. The maximum Gasteiger partial charge on any atom is 0.342 e. The normalized spacial score (nSPS) is 48.4. The van der Waals surface area contributed by atoms with Crippen molar-refractivity contribution < 1.29 is 43.5 Å². The van der Waals surface area contributed by atoms with Gasteiger partial charge in [0.15, 0.2) is 17.3 Å². The van der Waals surface area contributed by atoms with Gasteiger partial charge in [-0.15, -0.1) is 0 Å². The van der Waals surface area contributed by atoms with E-state index in [4.69, 9.17) is 18.9 Å². The molecular formula is C24H32O9. The first-order valence-corrected chi connectivity index (χ1v) is 11.3. The predicted molar refractivity (Wildman–Crippen MR) is 113 cm³/mol. The van der Waals surface area contributed by atoms with Crippen molar-refractivity contribution in [2.75, 3.05) is 0 Å². The summed E-state index contributed by atoms with van der Waals surface area (Å²) in [6, 6.07) is 0. The molecule has 2 N–H and O–H groups in total. The minimum absolute atomic E-state index is 0.102. The van der Waals surface area contributed by atoms with Crippen LogP contribution in [0.15, 0.2) is 23.8 Å². The first-order valence-electron chi connectivity index (χ1n) is 11.3. The fourth-order valence-electron chi connectivity index (χ4n) is 6.26. The number of ether oxygens (including phenoxy) is 4. The highest BCUT2D eigenvalue weighted by Gasteiger charge is 2.86. The third-order valence-electron chi connectivity index (χ3n) is 8.11. The van der Waals surface area contributed by atoms with Gasteiger partial charge < -0.3 is 29.2 Å². The summed E-state index contributed by atoms with van der Waals surface area (Å²) in [6.45, 7) is 9.49. The highest BCUT2D eigenvalue weighted by atomic mass is 16.7. The highest BCUT2D eigenvalue weighted by Crippen LogP contribution is 2.64. The van der Waals surface area contributed by atoms with Crippen molar-refractivity contribution in [2.24, 2.45) is 17.3 Å². The monoisotopic (exact) mass is 464 g/mol. The van der Waals surface area contributed by atoms with Crippen molar-refractivity contribution in [1.82, 2.24) is 0 Å². The van der Waals surface area contributed by atoms with E-state index in [-0.39, 0.29) is 6.42 Å². The van der Waals surface area contributed by atoms with E-state index in [1.807, 2.05) is 0 Å². The van der Waals surface area contributed by atoms with Crippen LogP contribution in [0.1, 0.15) is 48.0 Å². The molecule has 4 aliphatic rings. The number of fused-ring (bicyclic) bond motifs is 1. The SMILES string of the molecule is CC(=O)OC1C=CC(C)=CC2OC(=O)C3(C)OC23C(O)C2C(C)C(O)CC(OC(C)=O)C12C. The minimum atomic E-state index is -1.38. The zero-order valence-corrected chi connectivity index (χ0v) is 19.7. The molecular weight excluding hydrogens is 432 g/mol. The molecule has 3 fully saturated rings. The van der Waals surface area contributed by atoms with Crippen molar-refractivity contribution in [3.05, 3.63) is 23.8 Å². The van der Waals surface area contributed by atoms with Crippen LogP contribution in [0.3, 0.4) is 0 Å². The van der Waals surface area contributed by atoms with Gasteiger partial charge in [-0.2, -0.15) is 0 Å². The molecule has 9 nitrogen and oxygen atoms in total. The summed E-state index contributed by atoms with van der Waals surface area (Å²) in [4.78, 5) is 36.8. The molecule has 4 rings (SSSR count). The molecule has 2 heterocycles. The van der Waals surface area contributed by atoms with Gasteiger partial charge in [0.05, 0.1) is 17.6 Å². The summed E-state index contributed by atoms with van der Waals surface area (Å²) < 4.78 is 22.9. The van der Waals surface area contributed by atoms with E-state index in [2.05, 4.69) is 0 Å². The quantitative estimate of drug-likeness (QED) is 0.351. The average molecular weight is 465 g/mol. The van der Waals surface area contributed by atoms with Gasteiger partial charge >= 0.3 is 17.9 Å². The van der Waals surface area contributed by atoms with Crippen LogP contribution in [0.2, 0.25) is 0 Å². The van der Waals surface area contributed by atoms with Crippen molar-refractivity contribution >= 4 is 17.9 Å². The first kappa shape index (κ1) is 23.9. The van der Waals surface area contributed by atoms with Gasteiger partial charge in [0.25, 0.3) is 0 Å². The second-order valence-corrected chi connectivity index (χ2v) is 10.2. The van der Waals surface area contributed by atoms with Gasteiger partial charge in [-0.05, 0) is 31.9 Å². The van der Waals surface area contributed by atoms with Crippen LogP contribution in [0.5, 0.6) is 0 Å². The largest absolute Gasteiger partial charge is 0.462 e. The Kier molecular flexibility index (Phi) is 5.54. The smallest absolute Gasteiger partial charge is 0.342 e.